The van der Waals surface area contributed by atoms with E-state index in [0.29, 0.717) is 10.6 Å². The van der Waals surface area contributed by atoms with Crippen LogP contribution in [-0.2, 0) is 6.54 Å². The quantitative estimate of drug-likeness (QED) is 0.399. The van der Waals surface area contributed by atoms with E-state index in [4.69, 9.17) is 21.6 Å². The zero-order chi connectivity index (χ0) is 22.2. The summed E-state index contributed by atoms with van der Waals surface area (Å²) in [6, 6.07) is 5.56. The predicted octanol–water partition coefficient (Wildman–Crippen LogP) is 5.54. The van der Waals surface area contributed by atoms with Gasteiger partial charge in [-0.3, -0.25) is 14.3 Å². The Balaban J connectivity index is 0.00000259. The van der Waals surface area contributed by atoms with Gasteiger partial charge in [0.15, 0.2) is 0 Å². The number of fused-ring (bicyclic) bond motifs is 5. The van der Waals surface area contributed by atoms with Gasteiger partial charge in [0, 0.05) is 31.6 Å². The molecule has 2 aliphatic heterocycles. The van der Waals surface area contributed by atoms with Gasteiger partial charge >= 0.3 is 0 Å². The second kappa shape index (κ2) is 9.81. The van der Waals surface area contributed by atoms with Gasteiger partial charge in [-0.2, -0.15) is 0 Å². The molecule has 0 unspecified atom stereocenters. The van der Waals surface area contributed by atoms with Gasteiger partial charge in [-0.05, 0) is 25.0 Å². The van der Waals surface area contributed by atoms with Gasteiger partial charge in [-0.15, -0.1) is 36.9 Å². The zero-order valence-electron chi connectivity index (χ0n) is 18.1. The molecular formula is C24H25Cl2N5OS. The summed E-state index contributed by atoms with van der Waals surface area (Å²) in [6.07, 6.45) is 7.45. The molecule has 2 aromatic heterocycles. The van der Waals surface area contributed by atoms with Crippen LogP contribution in [0.1, 0.15) is 40.6 Å². The molecular weight excluding hydrogens is 477 g/mol. The van der Waals surface area contributed by atoms with E-state index in [9.17, 15) is 4.79 Å². The highest BCUT2D eigenvalue weighted by molar-refractivity contribution is 7.13. The third kappa shape index (κ3) is 4.15. The monoisotopic (exact) mass is 501 g/mol. The lowest BCUT2D eigenvalue weighted by Crippen LogP contribution is -2.29. The number of aromatic nitrogens is 3. The summed E-state index contributed by atoms with van der Waals surface area (Å²) >= 11 is 8.07. The topological polar surface area (TPSA) is 54.3 Å². The maximum Gasteiger partial charge on any atom is 0.258 e. The fourth-order valence-electron chi connectivity index (χ4n) is 4.68. The van der Waals surface area contributed by atoms with E-state index in [1.54, 1.807) is 23.7 Å². The largest absolute Gasteiger partial charge is 0.330 e. The Morgan fingerprint density at radius 2 is 2.06 bits per heavy atom. The van der Waals surface area contributed by atoms with E-state index >= 15 is 0 Å². The predicted molar refractivity (Wildman–Crippen MR) is 136 cm³/mol. The van der Waals surface area contributed by atoms with Gasteiger partial charge in [0.25, 0.3) is 5.91 Å². The number of thiazole rings is 1. The van der Waals surface area contributed by atoms with Crippen molar-refractivity contribution in [2.45, 2.75) is 25.4 Å². The Morgan fingerprint density at radius 1 is 1.27 bits per heavy atom. The lowest BCUT2D eigenvalue weighted by molar-refractivity contribution is 0.0739. The van der Waals surface area contributed by atoms with Crippen molar-refractivity contribution < 1.29 is 4.79 Å². The van der Waals surface area contributed by atoms with Gasteiger partial charge in [0.1, 0.15) is 17.0 Å². The Hall–Kier alpha value is -2.45. The summed E-state index contributed by atoms with van der Waals surface area (Å²) in [7, 11) is 0. The second-order valence-corrected chi connectivity index (χ2v) is 9.32. The van der Waals surface area contributed by atoms with Crippen LogP contribution in [0, 0.1) is 0 Å². The molecule has 0 bridgehead atoms. The van der Waals surface area contributed by atoms with Gasteiger partial charge in [-0.25, -0.2) is 9.97 Å². The smallest absolute Gasteiger partial charge is 0.258 e. The molecule has 33 heavy (non-hydrogen) atoms. The first-order valence-corrected chi connectivity index (χ1v) is 11.9. The highest BCUT2D eigenvalue weighted by Gasteiger charge is 2.40. The SMILES string of the molecule is C=CCN(CC=C)Cc1csc(-c2ncn3c2[C@@H]2CCCN2C(=O)c2c(Cl)cccc2-3)n1.Cl. The number of hydrogen-bond donors (Lipinski definition) is 0. The van der Waals surface area contributed by atoms with Crippen molar-refractivity contribution in [3.05, 3.63) is 77.2 Å². The molecule has 1 saturated heterocycles. The van der Waals surface area contributed by atoms with Crippen LogP contribution in [0.3, 0.4) is 0 Å². The molecule has 9 heteroatoms. The summed E-state index contributed by atoms with van der Waals surface area (Å²) < 4.78 is 2.03. The number of nitrogens with zero attached hydrogens (tertiary/aromatic N) is 5. The number of amides is 1. The molecule has 0 N–H and O–H groups in total. The molecule has 0 saturated carbocycles. The van der Waals surface area contributed by atoms with Gasteiger partial charge in [0.05, 0.1) is 33.7 Å². The second-order valence-electron chi connectivity index (χ2n) is 8.05. The first-order chi connectivity index (χ1) is 15.6. The fourth-order valence-corrected chi connectivity index (χ4v) is 5.75. The number of benzene rings is 1. The van der Waals surface area contributed by atoms with Crippen molar-refractivity contribution in [3.63, 3.8) is 0 Å². The molecule has 0 aliphatic carbocycles. The van der Waals surface area contributed by atoms with Crippen molar-refractivity contribution >= 4 is 41.3 Å². The molecule has 2 aliphatic rings. The third-order valence-corrected chi connectivity index (χ3v) is 7.23. The maximum atomic E-state index is 13.4. The highest BCUT2D eigenvalue weighted by atomic mass is 35.5. The zero-order valence-corrected chi connectivity index (χ0v) is 20.5. The van der Waals surface area contributed by atoms with Crippen molar-refractivity contribution in [3.8, 4) is 16.4 Å². The average molecular weight is 502 g/mol. The van der Waals surface area contributed by atoms with E-state index < -0.39 is 0 Å². The standard InChI is InChI=1S/C24H24ClN5OS.ClH/c1-3-10-28(11-4-2)13-16-14-32-23(27-16)21-22-19-9-6-12-29(19)24(31)20-17(25)7-5-8-18(20)30(22)15-26-21;/h3-5,7-8,14-15,19H,1-2,6,9-13H2;1H/t19-;/m0./s1. The Morgan fingerprint density at radius 3 is 2.82 bits per heavy atom. The Kier molecular flexibility index (Phi) is 7.05. The lowest BCUT2D eigenvalue weighted by Gasteiger charge is -2.23. The fraction of sp³-hybridized carbons (Fsp3) is 0.292. The van der Waals surface area contributed by atoms with Crippen LogP contribution >= 0.6 is 35.3 Å². The number of carbonyl (C=O) groups excluding carboxylic acids is 1. The molecule has 5 rings (SSSR count). The lowest BCUT2D eigenvalue weighted by atomic mass is 10.1. The Bertz CT molecular complexity index is 1190. The van der Waals surface area contributed by atoms with Crippen molar-refractivity contribution in [2.24, 2.45) is 0 Å². The van der Waals surface area contributed by atoms with E-state index in [0.717, 1.165) is 66.8 Å². The first kappa shape index (κ1) is 23.7. The normalized spacial score (nSPS) is 16.6. The summed E-state index contributed by atoms with van der Waals surface area (Å²) in [4.78, 5) is 27.2. The minimum absolute atomic E-state index is 0. The van der Waals surface area contributed by atoms with Crippen LogP contribution < -0.4 is 0 Å². The van der Waals surface area contributed by atoms with Crippen LogP contribution in [0.25, 0.3) is 16.4 Å². The summed E-state index contributed by atoms with van der Waals surface area (Å²) in [5, 5.41) is 3.43. The van der Waals surface area contributed by atoms with Gasteiger partial charge in [0.2, 0.25) is 0 Å². The molecule has 4 heterocycles. The average Bonchev–Trinajstić information content (AvgIpc) is 3.51. The van der Waals surface area contributed by atoms with E-state index in [1.165, 1.54) is 0 Å². The van der Waals surface area contributed by atoms with Crippen molar-refractivity contribution in [2.75, 3.05) is 19.6 Å². The molecule has 3 aromatic rings. The number of carbonyl (C=O) groups is 1. The van der Waals surface area contributed by atoms with Crippen molar-refractivity contribution in [1.29, 1.82) is 0 Å². The minimum atomic E-state index is -0.0335. The van der Waals surface area contributed by atoms with Crippen LogP contribution in [0.4, 0.5) is 0 Å². The Labute approximate surface area is 208 Å². The van der Waals surface area contributed by atoms with Gasteiger partial charge < -0.3 is 4.90 Å². The number of halogens is 2. The number of imidazole rings is 1. The molecule has 1 atom stereocenters. The van der Waals surface area contributed by atoms with Crippen LogP contribution in [0.2, 0.25) is 5.02 Å². The molecule has 172 valence electrons. The van der Waals surface area contributed by atoms with Crippen LogP contribution in [0.5, 0.6) is 0 Å². The van der Waals surface area contributed by atoms with E-state index in [-0.39, 0.29) is 24.4 Å². The molecule has 6 nitrogen and oxygen atoms in total. The first-order valence-electron chi connectivity index (χ1n) is 10.7. The number of rotatable bonds is 7. The molecule has 0 radical (unpaired) electrons. The van der Waals surface area contributed by atoms with E-state index in [1.807, 2.05) is 33.8 Å². The molecule has 1 fully saturated rings. The van der Waals surface area contributed by atoms with Crippen LogP contribution in [0.15, 0.2) is 55.2 Å². The summed E-state index contributed by atoms with van der Waals surface area (Å²) in [5.41, 5.74) is 4.19. The summed E-state index contributed by atoms with van der Waals surface area (Å²) in [6.45, 7) is 10.7. The molecule has 0 spiro atoms. The maximum absolute atomic E-state index is 13.4. The van der Waals surface area contributed by atoms with Crippen LogP contribution in [-0.4, -0.2) is 49.9 Å². The van der Waals surface area contributed by atoms with Crippen molar-refractivity contribution in [1.82, 2.24) is 24.3 Å². The summed E-state index contributed by atoms with van der Waals surface area (Å²) in [5.74, 6) is -0.00734. The number of hydrogen-bond acceptors (Lipinski definition) is 5. The highest BCUT2D eigenvalue weighted by Crippen LogP contribution is 2.44. The molecule has 1 amide bonds. The minimum Gasteiger partial charge on any atom is -0.330 e. The third-order valence-electron chi connectivity index (χ3n) is 6.01. The van der Waals surface area contributed by atoms with E-state index in [2.05, 4.69) is 23.4 Å². The van der Waals surface area contributed by atoms with Gasteiger partial charge in [-0.1, -0.05) is 29.8 Å². The molecule has 1 aromatic carbocycles.